The van der Waals surface area contributed by atoms with Gasteiger partial charge in [0.1, 0.15) is 0 Å². The van der Waals surface area contributed by atoms with E-state index in [-0.39, 0.29) is 0 Å². The fourth-order valence-corrected chi connectivity index (χ4v) is 0.798. The van der Waals surface area contributed by atoms with Gasteiger partial charge in [0.05, 0.1) is 0 Å². The predicted octanol–water partition coefficient (Wildman–Crippen LogP) is 3.70. The molecule has 0 aromatic carbocycles. The van der Waals surface area contributed by atoms with E-state index in [2.05, 4.69) is 31.2 Å². The van der Waals surface area contributed by atoms with Gasteiger partial charge in [-0.3, -0.25) is 0 Å². The Labute approximate surface area is 64.6 Å². The van der Waals surface area contributed by atoms with Gasteiger partial charge in [-0.2, -0.15) is 0 Å². The van der Waals surface area contributed by atoms with Crippen LogP contribution in [0.25, 0.3) is 0 Å². The highest BCUT2D eigenvalue weighted by Gasteiger charge is 1.79. The molecule has 0 heterocycles. The zero-order valence-corrected chi connectivity index (χ0v) is 7.14. The lowest BCUT2D eigenvalue weighted by Crippen LogP contribution is -1.69. The molecule has 0 aliphatic heterocycles. The third-order valence-corrected chi connectivity index (χ3v) is 1.41. The average molecular weight is 138 g/mol. The first-order chi connectivity index (χ1) is 4.91. The lowest BCUT2D eigenvalue weighted by molar-refractivity contribution is 0.729. The maximum absolute atomic E-state index is 2.23. The van der Waals surface area contributed by atoms with Gasteiger partial charge in [-0.05, 0) is 19.8 Å². The van der Waals surface area contributed by atoms with Crippen molar-refractivity contribution in [2.75, 3.05) is 0 Å². The maximum Gasteiger partial charge on any atom is -0.0348 e. The summed E-state index contributed by atoms with van der Waals surface area (Å²) in [6.45, 7) is 4.27. The van der Waals surface area contributed by atoms with Crippen LogP contribution < -0.4 is 0 Å². The van der Waals surface area contributed by atoms with E-state index < -0.39 is 0 Å². The molecule has 0 unspecified atom stereocenters. The highest BCUT2D eigenvalue weighted by molar-refractivity contribution is 5.00. The Morgan fingerprint density at radius 1 is 1.10 bits per heavy atom. The summed E-state index contributed by atoms with van der Waals surface area (Å²) in [6, 6.07) is 0. The van der Waals surface area contributed by atoms with E-state index in [4.69, 9.17) is 0 Å². The molecule has 0 fully saturated rings. The molecule has 0 N–H and O–H groups in total. The number of rotatable bonds is 5. The lowest BCUT2D eigenvalue weighted by atomic mass is 10.2. The summed E-state index contributed by atoms with van der Waals surface area (Å²) in [5, 5.41) is 0. The second-order valence-corrected chi connectivity index (χ2v) is 2.45. The molecular weight excluding hydrogens is 120 g/mol. The number of unbranched alkanes of at least 4 members (excludes halogenated alkanes) is 3. The summed E-state index contributed by atoms with van der Waals surface area (Å²) in [7, 11) is 0. The van der Waals surface area contributed by atoms with Crippen molar-refractivity contribution >= 4 is 0 Å². The predicted molar refractivity (Wildman–Crippen MR) is 48.1 cm³/mol. The van der Waals surface area contributed by atoms with Crippen LogP contribution in [0.15, 0.2) is 24.3 Å². The molecule has 0 saturated carbocycles. The van der Waals surface area contributed by atoms with Crippen LogP contribution in [-0.2, 0) is 0 Å². The van der Waals surface area contributed by atoms with Crippen LogP contribution in [0.4, 0.5) is 0 Å². The van der Waals surface area contributed by atoms with Crippen molar-refractivity contribution in [2.45, 2.75) is 39.5 Å². The molecule has 0 nitrogen and oxygen atoms in total. The van der Waals surface area contributed by atoms with E-state index in [1.54, 1.807) is 0 Å². The second-order valence-electron chi connectivity index (χ2n) is 2.45. The molecule has 0 saturated heterocycles. The Hall–Kier alpha value is -0.520. The minimum Gasteiger partial charge on any atom is -0.0877 e. The molecule has 0 aromatic heterocycles. The van der Waals surface area contributed by atoms with Crippen LogP contribution >= 0.6 is 0 Å². The van der Waals surface area contributed by atoms with Crippen LogP contribution in [0.1, 0.15) is 39.5 Å². The summed E-state index contributed by atoms with van der Waals surface area (Å²) < 4.78 is 0. The summed E-state index contributed by atoms with van der Waals surface area (Å²) in [6.07, 6.45) is 13.7. The molecule has 0 aromatic rings. The number of allylic oxidation sites excluding steroid dienone is 4. The van der Waals surface area contributed by atoms with Crippen molar-refractivity contribution in [1.29, 1.82) is 0 Å². The van der Waals surface area contributed by atoms with Gasteiger partial charge in [-0.1, -0.05) is 44.1 Å². The van der Waals surface area contributed by atoms with Crippen LogP contribution in [-0.4, -0.2) is 0 Å². The quantitative estimate of drug-likeness (QED) is 0.401. The van der Waals surface area contributed by atoms with Crippen LogP contribution in [0, 0.1) is 0 Å². The van der Waals surface area contributed by atoms with Gasteiger partial charge in [0.25, 0.3) is 0 Å². The fourth-order valence-electron chi connectivity index (χ4n) is 0.798. The molecule has 0 atom stereocenters. The van der Waals surface area contributed by atoms with E-state index >= 15 is 0 Å². The molecule has 10 heavy (non-hydrogen) atoms. The van der Waals surface area contributed by atoms with Crippen molar-refractivity contribution in [3.63, 3.8) is 0 Å². The Kier molecular flexibility index (Phi) is 8.04. The molecule has 0 heteroatoms. The lowest BCUT2D eigenvalue weighted by Gasteiger charge is -1.89. The first kappa shape index (κ1) is 9.48. The minimum atomic E-state index is 1.23. The minimum absolute atomic E-state index is 1.23. The summed E-state index contributed by atoms with van der Waals surface area (Å²) in [5.41, 5.74) is 0. The Morgan fingerprint density at radius 3 is 2.50 bits per heavy atom. The zero-order valence-electron chi connectivity index (χ0n) is 7.14. The summed E-state index contributed by atoms with van der Waals surface area (Å²) in [4.78, 5) is 0. The van der Waals surface area contributed by atoms with E-state index in [0.717, 1.165) is 0 Å². The monoisotopic (exact) mass is 138 g/mol. The smallest absolute Gasteiger partial charge is 0.0348 e. The number of hydrogen-bond donors (Lipinski definition) is 0. The third-order valence-electron chi connectivity index (χ3n) is 1.41. The van der Waals surface area contributed by atoms with Gasteiger partial charge in [-0.15, -0.1) is 0 Å². The molecule has 0 radical (unpaired) electrons. The molecular formula is C10H18. The van der Waals surface area contributed by atoms with Crippen LogP contribution in [0.2, 0.25) is 0 Å². The first-order valence-corrected chi connectivity index (χ1v) is 4.19. The van der Waals surface area contributed by atoms with Crippen molar-refractivity contribution < 1.29 is 0 Å². The highest BCUT2D eigenvalue weighted by Crippen LogP contribution is 1.99. The topological polar surface area (TPSA) is 0 Å². The largest absolute Gasteiger partial charge is 0.0877 e. The third kappa shape index (κ3) is 7.48. The molecule has 0 bridgehead atoms. The normalized spacial score (nSPS) is 11.8. The summed E-state index contributed by atoms with van der Waals surface area (Å²) in [5.74, 6) is 0. The molecule has 58 valence electrons. The van der Waals surface area contributed by atoms with Crippen molar-refractivity contribution in [3.05, 3.63) is 24.3 Å². The highest BCUT2D eigenvalue weighted by atomic mass is 13.9. The van der Waals surface area contributed by atoms with Crippen LogP contribution in [0.3, 0.4) is 0 Å². The SMILES string of the molecule is CC=CC=CCCCCC. The first-order valence-electron chi connectivity index (χ1n) is 4.19. The van der Waals surface area contributed by atoms with Gasteiger partial charge in [0, 0.05) is 0 Å². The van der Waals surface area contributed by atoms with E-state index in [9.17, 15) is 0 Å². The van der Waals surface area contributed by atoms with Crippen molar-refractivity contribution in [1.82, 2.24) is 0 Å². The van der Waals surface area contributed by atoms with Crippen molar-refractivity contribution in [3.8, 4) is 0 Å². The van der Waals surface area contributed by atoms with Crippen molar-refractivity contribution in [2.24, 2.45) is 0 Å². The molecule has 0 rings (SSSR count). The molecule has 0 aliphatic rings. The summed E-state index contributed by atoms with van der Waals surface area (Å²) >= 11 is 0. The van der Waals surface area contributed by atoms with Gasteiger partial charge < -0.3 is 0 Å². The zero-order chi connectivity index (χ0) is 7.66. The van der Waals surface area contributed by atoms with Crippen LogP contribution in [0.5, 0.6) is 0 Å². The Morgan fingerprint density at radius 2 is 1.90 bits per heavy atom. The fraction of sp³-hybridized carbons (Fsp3) is 0.600. The molecule has 0 aliphatic carbocycles. The maximum atomic E-state index is 2.23. The second kappa shape index (κ2) is 8.48. The van der Waals surface area contributed by atoms with E-state index in [0.29, 0.717) is 0 Å². The molecule has 0 spiro atoms. The van der Waals surface area contributed by atoms with E-state index in [1.165, 1.54) is 25.7 Å². The Balaban J connectivity index is 3.02. The van der Waals surface area contributed by atoms with Gasteiger partial charge in [-0.25, -0.2) is 0 Å². The average Bonchev–Trinajstić information content (AvgIpc) is 1.97. The Bertz CT molecular complexity index is 98.6. The van der Waals surface area contributed by atoms with E-state index in [1.807, 2.05) is 6.92 Å². The standard InChI is InChI=1S/C10H18/c1-3-5-7-9-10-8-6-4-2/h3,5,7,9H,4,6,8,10H2,1-2H3. The van der Waals surface area contributed by atoms with Gasteiger partial charge in [0.2, 0.25) is 0 Å². The molecule has 0 amide bonds. The van der Waals surface area contributed by atoms with Gasteiger partial charge >= 0.3 is 0 Å². The number of hydrogen-bond acceptors (Lipinski definition) is 0. The van der Waals surface area contributed by atoms with Gasteiger partial charge in [0.15, 0.2) is 0 Å².